The molecule has 0 aromatic heterocycles. The van der Waals surface area contributed by atoms with Gasteiger partial charge in [-0.2, -0.15) is 0 Å². The predicted molar refractivity (Wildman–Crippen MR) is 151 cm³/mol. The monoisotopic (exact) mass is 573 g/mol. The molecule has 1 N–H and O–H groups in total. The summed E-state index contributed by atoms with van der Waals surface area (Å²) in [4.78, 5) is 40.5. The number of halogens is 1. The highest BCUT2D eigenvalue weighted by Crippen LogP contribution is 2.49. The molecule has 1 aliphatic carbocycles. The van der Waals surface area contributed by atoms with Gasteiger partial charge in [-0.1, -0.05) is 24.3 Å². The van der Waals surface area contributed by atoms with E-state index >= 15 is 0 Å². The molecule has 2 atom stereocenters. The van der Waals surface area contributed by atoms with Gasteiger partial charge in [0.15, 0.2) is 17.3 Å². The predicted octanol–water partition coefficient (Wildman–Crippen LogP) is 4.28. The minimum absolute atomic E-state index is 0.0996. The Labute approximate surface area is 242 Å². The second-order valence-electron chi connectivity index (χ2n) is 10.1. The number of carboxylic acid groups (broad SMARTS) is 1. The number of carboxylic acids is 1. The summed E-state index contributed by atoms with van der Waals surface area (Å²) in [5.74, 6) is -1.59. The van der Waals surface area contributed by atoms with E-state index in [1.54, 1.807) is 30.3 Å². The van der Waals surface area contributed by atoms with E-state index in [1.165, 1.54) is 44.4 Å². The maximum absolute atomic E-state index is 14.6. The topological polar surface area (TPSA) is 117 Å². The molecule has 10 heteroatoms. The number of rotatable bonds is 8. The number of aliphatic carboxylic acids is 1. The first kappa shape index (κ1) is 28.7. The fourth-order valence-corrected chi connectivity index (χ4v) is 5.76. The maximum atomic E-state index is 14.6. The molecule has 2 aliphatic rings. The van der Waals surface area contributed by atoms with Gasteiger partial charge in [0.1, 0.15) is 5.82 Å². The molecule has 9 nitrogen and oxygen atoms in total. The summed E-state index contributed by atoms with van der Waals surface area (Å²) >= 11 is 0. The number of carbonyl (C=O) groups excluding carboxylic acids is 3. The van der Waals surface area contributed by atoms with Gasteiger partial charge < -0.3 is 29.4 Å². The Kier molecular flexibility index (Phi) is 8.15. The molecule has 0 fully saturated rings. The number of hydrogen-bond acceptors (Lipinski definition) is 8. The van der Waals surface area contributed by atoms with Crippen molar-refractivity contribution in [3.8, 4) is 17.2 Å². The van der Waals surface area contributed by atoms with Crippen LogP contribution in [0, 0.1) is 5.82 Å². The van der Waals surface area contributed by atoms with E-state index in [1.807, 2.05) is 12.1 Å². The Hall–Kier alpha value is -4.86. The number of methoxy groups -OCH3 is 3. The zero-order chi connectivity index (χ0) is 30.0. The van der Waals surface area contributed by atoms with E-state index in [9.17, 15) is 23.9 Å². The molecule has 0 spiro atoms. The van der Waals surface area contributed by atoms with Crippen LogP contribution >= 0.6 is 0 Å². The molecule has 0 unspecified atom stereocenters. The fourth-order valence-electron chi connectivity index (χ4n) is 5.76. The van der Waals surface area contributed by atoms with Crippen LogP contribution in [0.15, 0.2) is 71.9 Å². The molecule has 1 heterocycles. The summed E-state index contributed by atoms with van der Waals surface area (Å²) in [6.07, 6.45) is -0.361. The van der Waals surface area contributed by atoms with Crippen LogP contribution < -0.4 is 29.5 Å². The Morgan fingerprint density at radius 2 is 1.64 bits per heavy atom. The highest BCUT2D eigenvalue weighted by atomic mass is 19.1. The van der Waals surface area contributed by atoms with Crippen LogP contribution in [0.25, 0.3) is 0 Å². The van der Waals surface area contributed by atoms with Gasteiger partial charge in [-0.3, -0.25) is 14.5 Å². The third-order valence-corrected chi connectivity index (χ3v) is 7.62. The molecule has 42 heavy (non-hydrogen) atoms. The summed E-state index contributed by atoms with van der Waals surface area (Å²) in [6.45, 7) is 0. The van der Waals surface area contributed by atoms with Gasteiger partial charge in [-0.15, -0.1) is 0 Å². The number of nitrogens with zero attached hydrogens (tertiary/aromatic N) is 1. The van der Waals surface area contributed by atoms with E-state index in [2.05, 4.69) is 5.32 Å². The highest BCUT2D eigenvalue weighted by Gasteiger charge is 2.41. The average Bonchev–Trinajstić information content (AvgIpc) is 3.13. The summed E-state index contributed by atoms with van der Waals surface area (Å²) < 4.78 is 31.1. The third-order valence-electron chi connectivity index (χ3n) is 7.62. The molecule has 3 aromatic rings. The van der Waals surface area contributed by atoms with Crippen molar-refractivity contribution < 1.29 is 38.1 Å². The zero-order valence-electron chi connectivity index (χ0n) is 23.4. The van der Waals surface area contributed by atoms with Gasteiger partial charge in [0.25, 0.3) is 0 Å². The smallest absolute Gasteiger partial charge is 0.228 e. The van der Waals surface area contributed by atoms with Crippen molar-refractivity contribution in [1.29, 1.82) is 0 Å². The van der Waals surface area contributed by atoms with Crippen molar-refractivity contribution in [2.75, 3.05) is 31.5 Å². The van der Waals surface area contributed by atoms with Gasteiger partial charge in [0, 0.05) is 30.1 Å². The quantitative estimate of drug-likeness (QED) is 0.425. The lowest BCUT2D eigenvalue weighted by Gasteiger charge is -2.35. The second-order valence-corrected chi connectivity index (χ2v) is 10.1. The number of hydrogen-bond donors (Lipinski definition) is 1. The minimum atomic E-state index is -1.37. The number of amides is 1. The van der Waals surface area contributed by atoms with E-state index < -0.39 is 30.2 Å². The number of anilines is 2. The van der Waals surface area contributed by atoms with Crippen molar-refractivity contribution in [2.24, 2.45) is 0 Å². The number of para-hydroxylation sites is 2. The maximum Gasteiger partial charge on any atom is 0.228 e. The molecule has 5 rings (SSSR count). The number of allylic oxidation sites excluding steroid dienone is 1. The van der Waals surface area contributed by atoms with E-state index in [4.69, 9.17) is 14.2 Å². The van der Waals surface area contributed by atoms with Crippen molar-refractivity contribution in [2.45, 2.75) is 37.6 Å². The molecule has 1 amide bonds. The summed E-state index contributed by atoms with van der Waals surface area (Å²) in [5.41, 5.74) is 3.10. The van der Waals surface area contributed by atoms with E-state index in [0.717, 1.165) is 5.56 Å². The van der Waals surface area contributed by atoms with Gasteiger partial charge in [0.05, 0.1) is 38.7 Å². The lowest BCUT2D eigenvalue weighted by Crippen LogP contribution is -2.39. The van der Waals surface area contributed by atoms with Gasteiger partial charge in [-0.05, 0) is 66.3 Å². The number of carbonyl (C=O) groups is 3. The average molecular weight is 574 g/mol. The first-order valence-electron chi connectivity index (χ1n) is 13.4. The first-order valence-corrected chi connectivity index (χ1v) is 13.4. The van der Waals surface area contributed by atoms with Crippen LogP contribution in [0.5, 0.6) is 17.2 Å². The number of fused-ring (bicyclic) bond motifs is 1. The first-order chi connectivity index (χ1) is 20.2. The van der Waals surface area contributed by atoms with Gasteiger partial charge >= 0.3 is 0 Å². The molecular weight excluding hydrogens is 543 g/mol. The lowest BCUT2D eigenvalue weighted by atomic mass is 9.78. The Bertz CT molecular complexity index is 1560. The molecule has 0 saturated heterocycles. The second kappa shape index (κ2) is 11.9. The largest absolute Gasteiger partial charge is 0.550 e. The molecule has 1 aliphatic heterocycles. The summed E-state index contributed by atoms with van der Waals surface area (Å²) in [7, 11) is 4.56. The molecule has 0 bridgehead atoms. The summed E-state index contributed by atoms with van der Waals surface area (Å²) in [6, 6.07) is 15.4. The van der Waals surface area contributed by atoms with E-state index in [0.29, 0.717) is 51.9 Å². The van der Waals surface area contributed by atoms with Crippen LogP contribution in [0.4, 0.5) is 15.8 Å². The Morgan fingerprint density at radius 3 is 2.29 bits per heavy atom. The molecule has 0 radical (unpaired) electrons. The third kappa shape index (κ3) is 5.39. The van der Waals surface area contributed by atoms with E-state index in [-0.39, 0.29) is 24.5 Å². The Balaban J connectivity index is 1.67. The van der Waals surface area contributed by atoms with Crippen molar-refractivity contribution in [1.82, 2.24) is 0 Å². The number of Topliss-reactive ketones (excluding diaryl/α,β-unsaturated/α-hetero) is 1. The highest BCUT2D eigenvalue weighted by molar-refractivity contribution is 6.06. The van der Waals surface area contributed by atoms with Crippen LogP contribution in [0.2, 0.25) is 0 Å². The van der Waals surface area contributed by atoms with Gasteiger partial charge in [0.2, 0.25) is 11.7 Å². The normalized spacial score (nSPS) is 17.9. The van der Waals surface area contributed by atoms with Crippen molar-refractivity contribution >= 4 is 29.0 Å². The molecule has 3 aromatic carbocycles. The Morgan fingerprint density at radius 1 is 0.929 bits per heavy atom. The van der Waals surface area contributed by atoms with Crippen LogP contribution in [-0.4, -0.2) is 39.0 Å². The minimum Gasteiger partial charge on any atom is -0.550 e. The van der Waals surface area contributed by atoms with Crippen LogP contribution in [0.1, 0.15) is 48.8 Å². The lowest BCUT2D eigenvalue weighted by molar-refractivity contribution is -0.305. The summed E-state index contributed by atoms with van der Waals surface area (Å²) in [5, 5.41) is 14.6. The van der Waals surface area contributed by atoms with Crippen molar-refractivity contribution in [3.63, 3.8) is 0 Å². The van der Waals surface area contributed by atoms with Crippen molar-refractivity contribution in [3.05, 3.63) is 88.9 Å². The van der Waals surface area contributed by atoms with Crippen LogP contribution in [0.3, 0.4) is 0 Å². The van der Waals surface area contributed by atoms with Crippen LogP contribution in [-0.2, 0) is 14.4 Å². The standard InChI is InChI=1S/C32H31FN2O7/c1-40-26-16-20(17-27(41-2)32(26)42-3)19-14-23-30(25(36)15-19)31(18-7-6-8-21(33)13-18)35(28(37)11-12-29(38)39)24-10-5-4-9-22(24)34-23/h4-10,13,16-17,19,31,34H,11-12,14-15H2,1-3H3,(H,38,39)/p-1/t19-,31+/m0/s1. The molecule has 218 valence electrons. The fraction of sp³-hybridized carbons (Fsp3) is 0.281. The zero-order valence-corrected chi connectivity index (χ0v) is 23.4. The number of nitrogens with one attached hydrogen (secondary N) is 1. The van der Waals surface area contributed by atoms with Gasteiger partial charge in [-0.25, -0.2) is 4.39 Å². The number of benzene rings is 3. The molecular formula is C32H30FN2O7-. The number of ketones is 1. The SMILES string of the molecule is COc1cc([C@@H]2CC(=O)C3=C(C2)Nc2ccccc2N(C(=O)CCC(=O)[O-])[C@@H]3c2cccc(F)c2)cc(OC)c1OC. The number of ether oxygens (including phenoxy) is 3. The molecule has 0 saturated carbocycles.